The van der Waals surface area contributed by atoms with Crippen LogP contribution in [0.3, 0.4) is 0 Å². The summed E-state index contributed by atoms with van der Waals surface area (Å²) in [6, 6.07) is 12.1. The normalized spacial score (nSPS) is 10.1. The molecule has 0 atom stereocenters. The molecule has 0 amide bonds. The third-order valence-electron chi connectivity index (χ3n) is 2.08. The number of hydrogen-bond donors (Lipinski definition) is 0. The number of aromatic nitrogens is 2. The molecule has 3 heteroatoms. The van der Waals surface area contributed by atoms with E-state index >= 15 is 0 Å². The molecule has 0 unspecified atom stereocenters. The molecule has 2 rings (SSSR count). The second kappa shape index (κ2) is 3.54. The van der Waals surface area contributed by atoms with Gasteiger partial charge in [-0.1, -0.05) is 18.2 Å². The van der Waals surface area contributed by atoms with Crippen LogP contribution in [0, 0.1) is 0 Å². The summed E-state index contributed by atoms with van der Waals surface area (Å²) < 4.78 is 1.92. The highest BCUT2D eigenvalue weighted by Gasteiger charge is 2.04. The molecule has 0 radical (unpaired) electrons. The van der Waals surface area contributed by atoms with Crippen LogP contribution in [0.25, 0.3) is 5.69 Å². The van der Waals surface area contributed by atoms with Crippen molar-refractivity contribution >= 4 is 5.82 Å². The molecule has 0 aliphatic heterocycles. The van der Waals surface area contributed by atoms with Gasteiger partial charge in [0.2, 0.25) is 0 Å². The minimum absolute atomic E-state index is 1.08. The van der Waals surface area contributed by atoms with E-state index in [1.165, 1.54) is 0 Å². The van der Waals surface area contributed by atoms with Gasteiger partial charge in [-0.3, -0.25) is 0 Å². The van der Waals surface area contributed by atoms with Crippen LogP contribution in [-0.4, -0.2) is 23.9 Å². The number of benzene rings is 1. The molecule has 1 aromatic heterocycles. The molecule has 0 saturated carbocycles. The molecule has 3 nitrogen and oxygen atoms in total. The summed E-state index contributed by atoms with van der Waals surface area (Å²) in [5.41, 5.74) is 1.08. The molecule has 1 aromatic carbocycles. The average Bonchev–Trinajstić information content (AvgIpc) is 2.67. The fourth-order valence-corrected chi connectivity index (χ4v) is 1.40. The van der Waals surface area contributed by atoms with Gasteiger partial charge in [0.15, 0.2) is 0 Å². The maximum atomic E-state index is 4.28. The molecule has 0 spiro atoms. The Hall–Kier alpha value is -1.77. The Morgan fingerprint density at radius 3 is 2.43 bits per heavy atom. The van der Waals surface area contributed by atoms with Crippen molar-refractivity contribution in [1.82, 2.24) is 9.78 Å². The lowest BCUT2D eigenvalue weighted by molar-refractivity contribution is 0.854. The highest BCUT2D eigenvalue weighted by atomic mass is 15.4. The van der Waals surface area contributed by atoms with Gasteiger partial charge < -0.3 is 4.90 Å². The van der Waals surface area contributed by atoms with Gasteiger partial charge in [-0.15, -0.1) is 0 Å². The Labute approximate surface area is 83.6 Å². The van der Waals surface area contributed by atoms with E-state index in [0.717, 1.165) is 11.5 Å². The third-order valence-corrected chi connectivity index (χ3v) is 2.08. The number of anilines is 1. The average molecular weight is 187 g/mol. The van der Waals surface area contributed by atoms with Crippen LogP contribution < -0.4 is 4.90 Å². The summed E-state index contributed by atoms with van der Waals surface area (Å²) in [5, 5.41) is 4.28. The Morgan fingerprint density at radius 2 is 1.79 bits per heavy atom. The number of rotatable bonds is 2. The molecule has 0 aliphatic carbocycles. The van der Waals surface area contributed by atoms with Crippen molar-refractivity contribution < 1.29 is 0 Å². The largest absolute Gasteiger partial charge is 0.363 e. The second-order valence-corrected chi connectivity index (χ2v) is 3.33. The van der Waals surface area contributed by atoms with Crippen molar-refractivity contribution in [2.24, 2.45) is 0 Å². The fourth-order valence-electron chi connectivity index (χ4n) is 1.40. The predicted molar refractivity (Wildman–Crippen MR) is 57.9 cm³/mol. The first-order chi connectivity index (χ1) is 6.79. The van der Waals surface area contributed by atoms with Crippen molar-refractivity contribution in [1.29, 1.82) is 0 Å². The maximum Gasteiger partial charge on any atom is 0.131 e. The van der Waals surface area contributed by atoms with Gasteiger partial charge in [-0.2, -0.15) is 5.10 Å². The van der Waals surface area contributed by atoms with Crippen molar-refractivity contribution in [3.8, 4) is 5.69 Å². The fraction of sp³-hybridized carbons (Fsp3) is 0.182. The lowest BCUT2D eigenvalue weighted by atomic mass is 10.3. The standard InChI is InChI=1S/C11H13N3/c1-13(2)11-8-9-12-14(11)10-6-4-3-5-7-10/h3-9H,1-2H3. The van der Waals surface area contributed by atoms with Crippen LogP contribution >= 0.6 is 0 Å². The van der Waals surface area contributed by atoms with E-state index in [0.29, 0.717) is 0 Å². The van der Waals surface area contributed by atoms with Crippen LogP contribution in [0.5, 0.6) is 0 Å². The van der Waals surface area contributed by atoms with Crippen LogP contribution in [0.4, 0.5) is 5.82 Å². The lowest BCUT2D eigenvalue weighted by Gasteiger charge is -2.14. The van der Waals surface area contributed by atoms with Crippen LogP contribution in [0.1, 0.15) is 0 Å². The first-order valence-corrected chi connectivity index (χ1v) is 4.56. The van der Waals surface area contributed by atoms with Gasteiger partial charge in [0.1, 0.15) is 5.82 Å². The third kappa shape index (κ3) is 1.48. The summed E-state index contributed by atoms with van der Waals surface area (Å²) in [7, 11) is 4.02. The van der Waals surface area contributed by atoms with E-state index in [-0.39, 0.29) is 0 Å². The lowest BCUT2D eigenvalue weighted by Crippen LogP contribution is -2.13. The minimum Gasteiger partial charge on any atom is -0.363 e. The van der Waals surface area contributed by atoms with E-state index < -0.39 is 0 Å². The molecule has 1 heterocycles. The molecular weight excluding hydrogens is 174 g/mol. The van der Waals surface area contributed by atoms with Gasteiger partial charge >= 0.3 is 0 Å². The van der Waals surface area contributed by atoms with E-state index in [1.54, 1.807) is 0 Å². The zero-order chi connectivity index (χ0) is 9.97. The zero-order valence-corrected chi connectivity index (χ0v) is 8.38. The molecule has 0 bridgehead atoms. The Kier molecular flexibility index (Phi) is 2.23. The van der Waals surface area contributed by atoms with E-state index in [2.05, 4.69) is 5.10 Å². The van der Waals surface area contributed by atoms with Crippen LogP contribution in [-0.2, 0) is 0 Å². The van der Waals surface area contributed by atoms with Crippen molar-refractivity contribution in [3.05, 3.63) is 42.6 Å². The molecule has 0 fully saturated rings. The summed E-state index contributed by atoms with van der Waals surface area (Å²) in [5.74, 6) is 1.08. The predicted octanol–water partition coefficient (Wildman–Crippen LogP) is 1.94. The van der Waals surface area contributed by atoms with Gasteiger partial charge in [0.25, 0.3) is 0 Å². The summed E-state index contributed by atoms with van der Waals surface area (Å²) in [4.78, 5) is 2.04. The minimum atomic E-state index is 1.08. The molecule has 0 N–H and O–H groups in total. The van der Waals surface area contributed by atoms with Gasteiger partial charge in [0.05, 0.1) is 11.9 Å². The molecule has 0 aliphatic rings. The molecule has 0 saturated heterocycles. The van der Waals surface area contributed by atoms with Crippen LogP contribution in [0.2, 0.25) is 0 Å². The first kappa shape index (κ1) is 8.81. The zero-order valence-electron chi connectivity index (χ0n) is 8.38. The van der Waals surface area contributed by atoms with E-state index in [4.69, 9.17) is 0 Å². The molecule has 2 aromatic rings. The van der Waals surface area contributed by atoms with Gasteiger partial charge in [-0.05, 0) is 12.1 Å². The SMILES string of the molecule is CN(C)c1ccnn1-c1ccccc1. The van der Waals surface area contributed by atoms with Gasteiger partial charge in [-0.25, -0.2) is 4.68 Å². The quantitative estimate of drug-likeness (QED) is 0.716. The highest BCUT2D eigenvalue weighted by molar-refractivity contribution is 5.45. The van der Waals surface area contributed by atoms with E-state index in [1.807, 2.05) is 66.3 Å². The molecular formula is C11H13N3. The molecule has 14 heavy (non-hydrogen) atoms. The number of hydrogen-bond acceptors (Lipinski definition) is 2. The monoisotopic (exact) mass is 187 g/mol. The first-order valence-electron chi connectivity index (χ1n) is 4.56. The number of nitrogens with zero attached hydrogens (tertiary/aromatic N) is 3. The molecule has 72 valence electrons. The van der Waals surface area contributed by atoms with Crippen molar-refractivity contribution in [2.75, 3.05) is 19.0 Å². The summed E-state index contributed by atoms with van der Waals surface area (Å²) >= 11 is 0. The van der Waals surface area contributed by atoms with Crippen molar-refractivity contribution in [3.63, 3.8) is 0 Å². The van der Waals surface area contributed by atoms with E-state index in [9.17, 15) is 0 Å². The topological polar surface area (TPSA) is 21.1 Å². The Balaban J connectivity index is 2.47. The smallest absolute Gasteiger partial charge is 0.131 e. The maximum absolute atomic E-state index is 4.28. The number of para-hydroxylation sites is 1. The van der Waals surface area contributed by atoms with Crippen molar-refractivity contribution in [2.45, 2.75) is 0 Å². The second-order valence-electron chi connectivity index (χ2n) is 3.33. The van der Waals surface area contributed by atoms with Crippen LogP contribution in [0.15, 0.2) is 42.6 Å². The van der Waals surface area contributed by atoms with Gasteiger partial charge in [0, 0.05) is 20.2 Å². The highest BCUT2D eigenvalue weighted by Crippen LogP contribution is 2.15. The summed E-state index contributed by atoms with van der Waals surface area (Å²) in [6.07, 6.45) is 1.81. The Morgan fingerprint density at radius 1 is 1.07 bits per heavy atom. The Bertz CT molecular complexity index is 403. The summed E-state index contributed by atoms with van der Waals surface area (Å²) in [6.45, 7) is 0.